The van der Waals surface area contributed by atoms with Gasteiger partial charge in [0.05, 0.1) is 0 Å². The Hall–Kier alpha value is -0.990. The monoisotopic (exact) mass is 364 g/mol. The summed E-state index contributed by atoms with van der Waals surface area (Å²) in [5.74, 6) is 7.75. The van der Waals surface area contributed by atoms with E-state index in [1.54, 1.807) is 6.20 Å². The van der Waals surface area contributed by atoms with Gasteiger partial charge in [0.25, 0.3) is 0 Å². The van der Waals surface area contributed by atoms with E-state index in [1.807, 2.05) is 16.9 Å². The van der Waals surface area contributed by atoms with Crippen LogP contribution < -0.4 is 5.32 Å². The van der Waals surface area contributed by atoms with Gasteiger partial charge < -0.3 is 9.88 Å². The van der Waals surface area contributed by atoms with Gasteiger partial charge in [-0.15, -0.1) is 10.2 Å². The van der Waals surface area contributed by atoms with Gasteiger partial charge in [0.2, 0.25) is 0 Å². The van der Waals surface area contributed by atoms with E-state index in [0.29, 0.717) is 24.5 Å². The van der Waals surface area contributed by atoms with Crippen molar-refractivity contribution >= 4 is 23.5 Å². The van der Waals surface area contributed by atoms with Crippen LogP contribution in [0.5, 0.6) is 0 Å². The lowest BCUT2D eigenvalue weighted by Gasteiger charge is -2.37. The van der Waals surface area contributed by atoms with Crippen molar-refractivity contribution in [3.8, 4) is 0 Å². The molecule has 1 aliphatic heterocycles. The number of rotatable bonds is 5. The van der Waals surface area contributed by atoms with Crippen LogP contribution in [0.25, 0.3) is 0 Å². The second-order valence-corrected chi connectivity index (χ2v) is 8.92. The van der Waals surface area contributed by atoms with Gasteiger partial charge in [0.1, 0.15) is 12.4 Å². The molecule has 2 aliphatic rings. The Morgan fingerprint density at radius 3 is 2.67 bits per heavy atom. The van der Waals surface area contributed by atoms with E-state index in [-0.39, 0.29) is 0 Å². The molecule has 0 atom stereocenters. The third-order valence-electron chi connectivity index (χ3n) is 4.85. The Morgan fingerprint density at radius 2 is 1.96 bits per heavy atom. The number of aromatic nitrogens is 5. The predicted octanol–water partition coefficient (Wildman–Crippen LogP) is 1.74. The van der Waals surface area contributed by atoms with Crippen molar-refractivity contribution in [3.63, 3.8) is 0 Å². The number of hydrogen-bond donors (Lipinski definition) is 1. The molecule has 2 aromatic heterocycles. The van der Waals surface area contributed by atoms with Crippen LogP contribution in [0.3, 0.4) is 0 Å². The highest BCUT2D eigenvalue weighted by Crippen LogP contribution is 2.36. The van der Waals surface area contributed by atoms with E-state index in [9.17, 15) is 0 Å². The molecule has 0 amide bonds. The van der Waals surface area contributed by atoms with Gasteiger partial charge in [-0.1, -0.05) is 0 Å². The van der Waals surface area contributed by atoms with E-state index < -0.39 is 0 Å². The van der Waals surface area contributed by atoms with Crippen LogP contribution in [-0.2, 0) is 13.6 Å². The second kappa shape index (κ2) is 7.49. The first-order chi connectivity index (χ1) is 11.8. The van der Waals surface area contributed by atoms with Crippen molar-refractivity contribution in [2.24, 2.45) is 7.05 Å². The van der Waals surface area contributed by atoms with Crippen molar-refractivity contribution < 1.29 is 0 Å². The normalized spacial score (nSPS) is 25.4. The highest BCUT2D eigenvalue weighted by molar-refractivity contribution is 8.03. The Labute approximate surface area is 151 Å². The average Bonchev–Trinajstić information content (AvgIpc) is 3.09. The summed E-state index contributed by atoms with van der Waals surface area (Å²) in [4.78, 5) is 0. The zero-order valence-electron chi connectivity index (χ0n) is 14.0. The molecule has 8 heteroatoms. The molecule has 2 aromatic rings. The molecular formula is C16H24N6S2. The highest BCUT2D eigenvalue weighted by atomic mass is 32.2. The van der Waals surface area contributed by atoms with Gasteiger partial charge in [-0.2, -0.15) is 28.6 Å². The quantitative estimate of drug-likeness (QED) is 0.872. The number of hydrogen-bond acceptors (Lipinski definition) is 6. The summed E-state index contributed by atoms with van der Waals surface area (Å²) in [5, 5.41) is 16.9. The fourth-order valence-corrected chi connectivity index (χ4v) is 5.84. The zero-order valence-corrected chi connectivity index (χ0v) is 15.6. The highest BCUT2D eigenvalue weighted by Gasteiger charge is 2.35. The van der Waals surface area contributed by atoms with E-state index in [0.717, 1.165) is 11.6 Å². The lowest BCUT2D eigenvalue weighted by molar-refractivity contribution is 0.265. The Morgan fingerprint density at radius 1 is 1.17 bits per heavy atom. The smallest absolute Gasteiger partial charge is 0.154 e. The number of nitrogens with zero attached hydrogens (tertiary/aromatic N) is 5. The third-order valence-corrected chi connectivity index (χ3v) is 7.37. The van der Waals surface area contributed by atoms with Gasteiger partial charge >= 0.3 is 0 Å². The summed E-state index contributed by atoms with van der Waals surface area (Å²) in [6, 6.07) is 3.25. The van der Waals surface area contributed by atoms with Crippen molar-refractivity contribution in [3.05, 3.63) is 30.1 Å². The van der Waals surface area contributed by atoms with Crippen LogP contribution in [-0.4, -0.2) is 59.6 Å². The summed E-state index contributed by atoms with van der Waals surface area (Å²) >= 11 is 4.17. The van der Waals surface area contributed by atoms with Crippen molar-refractivity contribution in [2.45, 2.75) is 37.4 Å². The molecule has 1 saturated heterocycles. The van der Waals surface area contributed by atoms with Gasteiger partial charge in [-0.05, 0) is 18.9 Å². The molecular weight excluding hydrogens is 340 g/mol. The Kier molecular flexibility index (Phi) is 5.14. The second-order valence-electron chi connectivity index (χ2n) is 6.62. The van der Waals surface area contributed by atoms with Crippen LogP contribution in [0, 0.1) is 0 Å². The minimum Gasteiger partial charge on any atom is -0.316 e. The van der Waals surface area contributed by atoms with Gasteiger partial charge in [0, 0.05) is 60.5 Å². The molecule has 0 aromatic carbocycles. The maximum Gasteiger partial charge on any atom is 0.154 e. The van der Waals surface area contributed by atoms with E-state index >= 15 is 0 Å². The lowest BCUT2D eigenvalue weighted by Crippen LogP contribution is -2.47. The molecule has 2 fully saturated rings. The number of nitrogens with one attached hydrogen (secondary N) is 1. The Bertz CT molecular complexity index is 642. The minimum absolute atomic E-state index is 0.539. The maximum absolute atomic E-state index is 4.45. The van der Waals surface area contributed by atoms with Crippen LogP contribution in [0.15, 0.2) is 18.5 Å². The largest absolute Gasteiger partial charge is 0.316 e. The molecule has 0 spiro atoms. The molecule has 24 heavy (non-hydrogen) atoms. The van der Waals surface area contributed by atoms with Crippen LogP contribution in [0.4, 0.5) is 0 Å². The van der Waals surface area contributed by atoms with E-state index in [2.05, 4.69) is 55.8 Å². The molecule has 130 valence electrons. The SMILES string of the molecule is Cn1c(Cn2cccn2)nnc1C1CC(NC2CSCCSC2)C1. The molecule has 0 unspecified atom stereocenters. The standard InChI is InChI=1S/C16H24N6S2/c1-21-15(9-22-4-2-3-17-22)19-20-16(21)12-7-13(8-12)18-14-10-23-5-6-24-11-14/h2-4,12-14,18H,5-11H2,1H3. The molecule has 1 aliphatic carbocycles. The predicted molar refractivity (Wildman–Crippen MR) is 99.7 cm³/mol. The van der Waals surface area contributed by atoms with E-state index in [1.165, 1.54) is 35.9 Å². The minimum atomic E-state index is 0.539. The van der Waals surface area contributed by atoms with Crippen LogP contribution in [0.1, 0.15) is 30.4 Å². The first-order valence-corrected chi connectivity index (χ1v) is 10.9. The van der Waals surface area contributed by atoms with E-state index in [4.69, 9.17) is 0 Å². The van der Waals surface area contributed by atoms with Crippen molar-refractivity contribution in [2.75, 3.05) is 23.0 Å². The summed E-state index contributed by atoms with van der Waals surface area (Å²) in [5.41, 5.74) is 0. The number of thioether (sulfide) groups is 2. The molecule has 0 bridgehead atoms. The topological polar surface area (TPSA) is 60.6 Å². The fraction of sp³-hybridized carbons (Fsp3) is 0.688. The average molecular weight is 365 g/mol. The molecule has 4 rings (SSSR count). The lowest BCUT2D eigenvalue weighted by atomic mass is 9.79. The molecule has 1 saturated carbocycles. The van der Waals surface area contributed by atoms with Gasteiger partial charge in [-0.25, -0.2) is 0 Å². The first kappa shape index (κ1) is 16.5. The van der Waals surface area contributed by atoms with Crippen LogP contribution in [0.2, 0.25) is 0 Å². The van der Waals surface area contributed by atoms with Gasteiger partial charge in [-0.3, -0.25) is 4.68 Å². The molecule has 1 N–H and O–H groups in total. The maximum atomic E-state index is 4.45. The Balaban J connectivity index is 1.31. The molecule has 6 nitrogen and oxygen atoms in total. The zero-order chi connectivity index (χ0) is 16.4. The fourth-order valence-electron chi connectivity index (χ4n) is 3.42. The molecule has 3 heterocycles. The summed E-state index contributed by atoms with van der Waals surface area (Å²) < 4.78 is 4.04. The summed E-state index contributed by atoms with van der Waals surface area (Å²) in [6.07, 6.45) is 6.11. The summed E-state index contributed by atoms with van der Waals surface area (Å²) in [6.45, 7) is 0.682. The van der Waals surface area contributed by atoms with Crippen molar-refractivity contribution in [1.82, 2.24) is 29.9 Å². The van der Waals surface area contributed by atoms with Crippen LogP contribution >= 0.6 is 23.5 Å². The van der Waals surface area contributed by atoms with Gasteiger partial charge in [0.15, 0.2) is 5.82 Å². The third kappa shape index (κ3) is 3.65. The first-order valence-electron chi connectivity index (χ1n) is 8.56. The molecule has 0 radical (unpaired) electrons. The summed E-state index contributed by atoms with van der Waals surface area (Å²) in [7, 11) is 2.08. The van der Waals surface area contributed by atoms with Crippen molar-refractivity contribution in [1.29, 1.82) is 0 Å².